The molecule has 4 aromatic rings. The van der Waals surface area contributed by atoms with Gasteiger partial charge in [0, 0.05) is 0 Å². The molecule has 0 bridgehead atoms. The van der Waals surface area contributed by atoms with Gasteiger partial charge in [-0.3, -0.25) is 0 Å². The van der Waals surface area contributed by atoms with Gasteiger partial charge in [0.25, 0.3) is 0 Å². The first kappa shape index (κ1) is 15.3. The predicted molar refractivity (Wildman–Crippen MR) is 109 cm³/mol. The third-order valence-electron chi connectivity index (χ3n) is 3.91. The van der Waals surface area contributed by atoms with Crippen molar-refractivity contribution >= 4 is 55.1 Å². The molecular weight excluding hydrogens is 355 g/mol. The lowest BCUT2D eigenvalue weighted by Crippen LogP contribution is -2.27. The minimum absolute atomic E-state index is 1.11. The van der Waals surface area contributed by atoms with E-state index >= 15 is 0 Å². The van der Waals surface area contributed by atoms with E-state index in [9.17, 15) is 0 Å². The maximum atomic E-state index is 2.33. The van der Waals surface area contributed by atoms with Gasteiger partial charge in [-0.2, -0.15) is 0 Å². The zero-order chi connectivity index (χ0) is 15.5. The third kappa shape index (κ3) is 2.83. The normalized spacial score (nSPS) is 11.7. The average molecular weight is 372 g/mol. The van der Waals surface area contributed by atoms with Crippen LogP contribution in [-0.2, 0) is 6.16 Å². The van der Waals surface area contributed by atoms with Crippen molar-refractivity contribution < 1.29 is 0 Å². The first-order valence-corrected chi connectivity index (χ1v) is 12.0. The summed E-state index contributed by atoms with van der Waals surface area (Å²) >= 11 is 5.72. The fourth-order valence-electron chi connectivity index (χ4n) is 2.88. The standard InChI is InChI=1S/C19H16PS3/c1-2-7-16(8-3-1)15-20(17-9-4-12-21-17,18-10-5-13-22-18)19-11-6-14-23-19/h1-14H,15H2/q+1. The van der Waals surface area contributed by atoms with Crippen molar-refractivity contribution in [3.05, 3.63) is 88.4 Å². The SMILES string of the molecule is c1ccc(C[P+](c2cccs2)(c2cccs2)c2cccs2)cc1. The van der Waals surface area contributed by atoms with E-state index in [-0.39, 0.29) is 0 Å². The first-order valence-electron chi connectivity index (χ1n) is 7.44. The molecule has 0 spiro atoms. The van der Waals surface area contributed by atoms with Crippen LogP contribution in [0.3, 0.4) is 0 Å². The number of rotatable bonds is 5. The molecule has 1 aromatic carbocycles. The predicted octanol–water partition coefficient (Wildman–Crippen LogP) is 5.37. The molecule has 0 fully saturated rings. The second-order valence-electron chi connectivity index (χ2n) is 5.31. The van der Waals surface area contributed by atoms with Crippen molar-refractivity contribution in [3.8, 4) is 0 Å². The van der Waals surface area contributed by atoms with Gasteiger partial charge in [0.2, 0.25) is 0 Å². The van der Waals surface area contributed by atoms with E-state index in [1.807, 2.05) is 34.0 Å². The highest BCUT2D eigenvalue weighted by Gasteiger charge is 2.48. The maximum absolute atomic E-state index is 2.33. The quantitative estimate of drug-likeness (QED) is 0.414. The molecule has 0 unspecified atom stereocenters. The van der Waals surface area contributed by atoms with Gasteiger partial charge in [0.05, 0.1) is 0 Å². The molecule has 0 amide bonds. The first-order chi connectivity index (χ1) is 11.4. The Morgan fingerprint density at radius 3 is 1.43 bits per heavy atom. The number of hydrogen-bond donors (Lipinski definition) is 0. The van der Waals surface area contributed by atoms with Crippen molar-refractivity contribution in [2.45, 2.75) is 6.16 Å². The maximum Gasteiger partial charge on any atom is 0.159 e. The third-order valence-corrected chi connectivity index (χ3v) is 13.2. The topological polar surface area (TPSA) is 0 Å². The van der Waals surface area contributed by atoms with E-state index in [2.05, 4.69) is 82.9 Å². The number of thiophene rings is 3. The van der Waals surface area contributed by atoms with Gasteiger partial charge in [-0.25, -0.2) is 0 Å². The van der Waals surface area contributed by atoms with E-state index in [4.69, 9.17) is 0 Å². The van der Waals surface area contributed by atoms with E-state index in [1.165, 1.54) is 19.4 Å². The fourth-order valence-corrected chi connectivity index (χ4v) is 12.7. The van der Waals surface area contributed by atoms with E-state index in [1.54, 1.807) is 0 Å². The molecule has 0 nitrogen and oxygen atoms in total. The second-order valence-corrected chi connectivity index (χ2v) is 12.4. The minimum Gasteiger partial charge on any atom is -0.107 e. The molecular formula is C19H16PS3+. The Balaban J connectivity index is 1.95. The molecule has 0 aliphatic heterocycles. The van der Waals surface area contributed by atoms with Gasteiger partial charge in [-0.15, -0.1) is 34.0 Å². The lowest BCUT2D eigenvalue weighted by Gasteiger charge is -2.23. The van der Waals surface area contributed by atoms with Crippen LogP contribution in [0.5, 0.6) is 0 Å². The van der Waals surface area contributed by atoms with E-state index in [0.717, 1.165) is 6.16 Å². The van der Waals surface area contributed by atoms with Crippen molar-refractivity contribution in [1.82, 2.24) is 0 Å². The van der Waals surface area contributed by atoms with Crippen molar-refractivity contribution in [3.63, 3.8) is 0 Å². The molecule has 0 saturated carbocycles. The Labute approximate surface area is 149 Å². The summed E-state index contributed by atoms with van der Waals surface area (Å²) in [4.78, 5) is 0. The molecule has 3 aromatic heterocycles. The lowest BCUT2D eigenvalue weighted by atomic mass is 10.2. The highest BCUT2D eigenvalue weighted by Crippen LogP contribution is 2.60. The van der Waals surface area contributed by atoms with E-state index < -0.39 is 7.26 Å². The van der Waals surface area contributed by atoms with Crippen LogP contribution < -0.4 is 13.9 Å². The highest BCUT2D eigenvalue weighted by molar-refractivity contribution is 8.03. The van der Waals surface area contributed by atoms with Gasteiger partial charge >= 0.3 is 0 Å². The zero-order valence-electron chi connectivity index (χ0n) is 12.5. The Morgan fingerprint density at radius 2 is 1.04 bits per heavy atom. The highest BCUT2D eigenvalue weighted by atomic mass is 32.1. The Bertz CT molecular complexity index is 747. The summed E-state index contributed by atoms with van der Waals surface area (Å²) in [6.07, 6.45) is 1.11. The van der Waals surface area contributed by atoms with Crippen molar-refractivity contribution in [1.29, 1.82) is 0 Å². The molecule has 4 rings (SSSR count). The molecule has 0 atom stereocenters. The largest absolute Gasteiger partial charge is 0.159 e. The van der Waals surface area contributed by atoms with Gasteiger partial charge < -0.3 is 0 Å². The van der Waals surface area contributed by atoms with Crippen LogP contribution in [-0.4, -0.2) is 0 Å². The molecule has 3 heterocycles. The smallest absolute Gasteiger partial charge is 0.107 e. The van der Waals surface area contributed by atoms with Crippen LogP contribution in [0.15, 0.2) is 82.9 Å². The Morgan fingerprint density at radius 1 is 0.565 bits per heavy atom. The van der Waals surface area contributed by atoms with Crippen LogP contribution in [0.25, 0.3) is 0 Å². The molecule has 114 valence electrons. The van der Waals surface area contributed by atoms with Crippen LogP contribution >= 0.6 is 41.3 Å². The summed E-state index contributed by atoms with van der Waals surface area (Å²) in [7, 11) is -1.58. The summed E-state index contributed by atoms with van der Waals surface area (Å²) in [5, 5.41) is 6.66. The van der Waals surface area contributed by atoms with Gasteiger partial charge in [-0.1, -0.05) is 30.3 Å². The molecule has 4 heteroatoms. The van der Waals surface area contributed by atoms with Crippen LogP contribution in [0.1, 0.15) is 5.56 Å². The molecule has 0 aliphatic carbocycles. The Kier molecular flexibility index (Phi) is 4.46. The average Bonchev–Trinajstić information content (AvgIpc) is 3.38. The summed E-state index contributed by atoms with van der Waals surface area (Å²) in [6, 6.07) is 24.5. The number of benzene rings is 1. The molecule has 23 heavy (non-hydrogen) atoms. The summed E-state index contributed by atoms with van der Waals surface area (Å²) in [5.41, 5.74) is 1.43. The van der Waals surface area contributed by atoms with Crippen LogP contribution in [0.2, 0.25) is 0 Å². The van der Waals surface area contributed by atoms with Gasteiger partial charge in [0.1, 0.15) is 13.4 Å². The van der Waals surface area contributed by atoms with Gasteiger partial charge in [-0.05, 0) is 58.1 Å². The lowest BCUT2D eigenvalue weighted by molar-refractivity contribution is 1.40. The monoisotopic (exact) mass is 371 g/mol. The molecule has 0 N–H and O–H groups in total. The summed E-state index contributed by atoms with van der Waals surface area (Å²) in [5.74, 6) is 0. The summed E-state index contributed by atoms with van der Waals surface area (Å²) < 4.78 is 4.60. The van der Waals surface area contributed by atoms with Crippen molar-refractivity contribution in [2.75, 3.05) is 0 Å². The fraction of sp³-hybridized carbons (Fsp3) is 0.0526. The minimum atomic E-state index is -1.58. The molecule has 0 aliphatic rings. The zero-order valence-corrected chi connectivity index (χ0v) is 15.8. The van der Waals surface area contributed by atoms with Gasteiger partial charge in [0.15, 0.2) is 13.9 Å². The Hall–Kier alpha value is -1.25. The van der Waals surface area contributed by atoms with Crippen LogP contribution in [0, 0.1) is 0 Å². The molecule has 0 saturated heterocycles. The van der Waals surface area contributed by atoms with Crippen LogP contribution in [0.4, 0.5) is 0 Å². The molecule has 0 radical (unpaired) electrons. The van der Waals surface area contributed by atoms with Crippen molar-refractivity contribution in [2.24, 2.45) is 0 Å². The van der Waals surface area contributed by atoms with E-state index in [0.29, 0.717) is 0 Å². The number of hydrogen-bond acceptors (Lipinski definition) is 3. The summed E-state index contributed by atoms with van der Waals surface area (Å²) in [6.45, 7) is 0. The second kappa shape index (κ2) is 6.70.